The molecule has 0 aliphatic carbocycles. The van der Waals surface area contributed by atoms with Crippen molar-refractivity contribution in [2.75, 3.05) is 5.32 Å². The zero-order valence-electron chi connectivity index (χ0n) is 12.4. The average molecular weight is 304 g/mol. The average Bonchev–Trinajstić information content (AvgIpc) is 2.61. The highest BCUT2D eigenvalue weighted by atomic mass is 16.1. The number of nitrogens with one attached hydrogen (secondary N) is 1. The van der Waals surface area contributed by atoms with Gasteiger partial charge in [-0.25, -0.2) is 9.97 Å². The number of hydrogen-bond donors (Lipinski definition) is 2. The number of aromatic nitrogens is 2. The Kier molecular flexibility index (Phi) is 4.29. The number of anilines is 1. The van der Waals surface area contributed by atoms with Crippen LogP contribution in [0.3, 0.4) is 0 Å². The lowest BCUT2D eigenvalue weighted by molar-refractivity contribution is 0.0995. The third-order valence-corrected chi connectivity index (χ3v) is 3.34. The highest BCUT2D eigenvalue weighted by Gasteiger charge is 2.10. The van der Waals surface area contributed by atoms with Crippen molar-refractivity contribution in [2.24, 2.45) is 5.73 Å². The molecule has 3 rings (SSSR count). The Balaban J connectivity index is 1.90. The Morgan fingerprint density at radius 3 is 2.26 bits per heavy atom. The molecule has 0 bridgehead atoms. The van der Waals surface area contributed by atoms with Gasteiger partial charge in [0.2, 0.25) is 5.95 Å². The van der Waals surface area contributed by atoms with Crippen LogP contribution < -0.4 is 11.1 Å². The topological polar surface area (TPSA) is 80.9 Å². The predicted molar refractivity (Wildman–Crippen MR) is 89.8 cm³/mol. The zero-order valence-corrected chi connectivity index (χ0v) is 12.4. The minimum Gasteiger partial charge on any atom is -0.364 e. The molecule has 114 valence electrons. The van der Waals surface area contributed by atoms with Crippen LogP contribution in [-0.2, 0) is 6.54 Å². The van der Waals surface area contributed by atoms with Crippen molar-refractivity contribution >= 4 is 11.9 Å². The van der Waals surface area contributed by atoms with E-state index in [4.69, 9.17) is 5.73 Å². The lowest BCUT2D eigenvalue weighted by Gasteiger charge is -2.09. The van der Waals surface area contributed by atoms with E-state index in [-0.39, 0.29) is 5.69 Å². The molecule has 0 radical (unpaired) electrons. The second-order valence-corrected chi connectivity index (χ2v) is 5.03. The lowest BCUT2D eigenvalue weighted by Crippen LogP contribution is -2.15. The van der Waals surface area contributed by atoms with Gasteiger partial charge in [-0.05, 0) is 11.6 Å². The minimum atomic E-state index is -0.577. The van der Waals surface area contributed by atoms with Crippen LogP contribution >= 0.6 is 0 Å². The van der Waals surface area contributed by atoms with Crippen molar-refractivity contribution in [3.63, 3.8) is 0 Å². The van der Waals surface area contributed by atoms with Crippen LogP contribution in [0.15, 0.2) is 66.7 Å². The van der Waals surface area contributed by atoms with Crippen LogP contribution in [-0.4, -0.2) is 15.9 Å². The maximum atomic E-state index is 11.5. The highest BCUT2D eigenvalue weighted by Crippen LogP contribution is 2.19. The number of rotatable bonds is 5. The third-order valence-electron chi connectivity index (χ3n) is 3.34. The first-order valence-electron chi connectivity index (χ1n) is 7.24. The molecule has 1 aromatic heterocycles. The Labute approximate surface area is 134 Å². The second-order valence-electron chi connectivity index (χ2n) is 5.03. The van der Waals surface area contributed by atoms with Crippen molar-refractivity contribution in [3.8, 4) is 11.3 Å². The van der Waals surface area contributed by atoms with Gasteiger partial charge < -0.3 is 11.1 Å². The van der Waals surface area contributed by atoms with E-state index in [0.717, 1.165) is 11.1 Å². The molecule has 5 heteroatoms. The third kappa shape index (κ3) is 3.71. The van der Waals surface area contributed by atoms with E-state index < -0.39 is 5.91 Å². The van der Waals surface area contributed by atoms with Crippen molar-refractivity contribution in [1.82, 2.24) is 9.97 Å². The number of amides is 1. The van der Waals surface area contributed by atoms with Crippen LogP contribution in [0.2, 0.25) is 0 Å². The first kappa shape index (κ1) is 14.7. The van der Waals surface area contributed by atoms with Crippen LogP contribution in [0.25, 0.3) is 11.3 Å². The number of carbonyl (C=O) groups excluding carboxylic acids is 1. The van der Waals surface area contributed by atoms with Crippen molar-refractivity contribution < 1.29 is 4.79 Å². The van der Waals surface area contributed by atoms with Crippen LogP contribution in [0.5, 0.6) is 0 Å². The van der Waals surface area contributed by atoms with Gasteiger partial charge in [-0.2, -0.15) is 0 Å². The summed E-state index contributed by atoms with van der Waals surface area (Å²) >= 11 is 0. The van der Waals surface area contributed by atoms with Gasteiger partial charge in [0.1, 0.15) is 5.69 Å². The van der Waals surface area contributed by atoms with Crippen LogP contribution in [0, 0.1) is 0 Å². The molecule has 0 spiro atoms. The Hall–Kier alpha value is -3.21. The lowest BCUT2D eigenvalue weighted by atomic mass is 10.1. The van der Waals surface area contributed by atoms with E-state index in [2.05, 4.69) is 15.3 Å². The van der Waals surface area contributed by atoms with Crippen molar-refractivity contribution in [2.45, 2.75) is 6.54 Å². The predicted octanol–water partition coefficient (Wildman–Crippen LogP) is 2.85. The first-order valence-corrected chi connectivity index (χ1v) is 7.24. The zero-order chi connectivity index (χ0) is 16.1. The molecule has 3 N–H and O–H groups in total. The number of hydrogen-bond acceptors (Lipinski definition) is 4. The van der Waals surface area contributed by atoms with Crippen LogP contribution in [0.1, 0.15) is 16.1 Å². The van der Waals surface area contributed by atoms with Gasteiger partial charge in [0.25, 0.3) is 5.91 Å². The molecule has 0 atom stereocenters. The van der Waals surface area contributed by atoms with Gasteiger partial charge in [0.15, 0.2) is 0 Å². The first-order chi connectivity index (χ1) is 11.2. The molecule has 0 unspecified atom stereocenters. The summed E-state index contributed by atoms with van der Waals surface area (Å²) in [4.78, 5) is 20.2. The molecule has 23 heavy (non-hydrogen) atoms. The van der Waals surface area contributed by atoms with Gasteiger partial charge >= 0.3 is 0 Å². The summed E-state index contributed by atoms with van der Waals surface area (Å²) in [6, 6.07) is 21.1. The van der Waals surface area contributed by atoms with Crippen molar-refractivity contribution in [1.29, 1.82) is 0 Å². The SMILES string of the molecule is NC(=O)c1cc(-c2ccccc2)nc(NCc2ccccc2)n1. The van der Waals surface area contributed by atoms with E-state index in [1.54, 1.807) is 6.07 Å². The fourth-order valence-electron chi connectivity index (χ4n) is 2.19. The summed E-state index contributed by atoms with van der Waals surface area (Å²) in [5.41, 5.74) is 8.23. The fraction of sp³-hybridized carbons (Fsp3) is 0.0556. The Morgan fingerprint density at radius 1 is 0.957 bits per heavy atom. The minimum absolute atomic E-state index is 0.189. The second kappa shape index (κ2) is 6.70. The van der Waals surface area contributed by atoms with Gasteiger partial charge in [0, 0.05) is 12.1 Å². The smallest absolute Gasteiger partial charge is 0.267 e. The molecule has 1 amide bonds. The molecule has 5 nitrogen and oxygen atoms in total. The van der Waals surface area contributed by atoms with E-state index in [1.165, 1.54) is 0 Å². The monoisotopic (exact) mass is 304 g/mol. The van der Waals surface area contributed by atoms with Gasteiger partial charge in [-0.1, -0.05) is 60.7 Å². The van der Waals surface area contributed by atoms with E-state index in [0.29, 0.717) is 18.2 Å². The number of nitrogens with zero attached hydrogens (tertiary/aromatic N) is 2. The Morgan fingerprint density at radius 2 is 1.61 bits per heavy atom. The van der Waals surface area contributed by atoms with Crippen molar-refractivity contribution in [3.05, 3.63) is 78.0 Å². The maximum Gasteiger partial charge on any atom is 0.267 e. The quantitative estimate of drug-likeness (QED) is 0.759. The number of primary amides is 1. The summed E-state index contributed by atoms with van der Waals surface area (Å²) in [6.07, 6.45) is 0. The summed E-state index contributed by atoms with van der Waals surface area (Å²) in [6.45, 7) is 0.567. The molecular formula is C18H16N4O. The summed E-state index contributed by atoms with van der Waals surface area (Å²) in [5.74, 6) is -0.198. The molecule has 0 saturated heterocycles. The highest BCUT2D eigenvalue weighted by molar-refractivity contribution is 5.92. The molecule has 0 fully saturated rings. The molecule has 0 aliphatic rings. The summed E-state index contributed by atoms with van der Waals surface area (Å²) in [5, 5.41) is 3.14. The number of carbonyl (C=O) groups is 1. The van der Waals surface area contributed by atoms with Crippen LogP contribution in [0.4, 0.5) is 5.95 Å². The fourth-order valence-corrected chi connectivity index (χ4v) is 2.19. The maximum absolute atomic E-state index is 11.5. The van der Waals surface area contributed by atoms with Gasteiger partial charge in [-0.15, -0.1) is 0 Å². The number of nitrogens with two attached hydrogens (primary N) is 1. The Bertz CT molecular complexity index is 804. The molecule has 0 saturated carbocycles. The van der Waals surface area contributed by atoms with E-state index in [9.17, 15) is 4.79 Å². The standard InChI is InChI=1S/C18H16N4O/c19-17(23)16-11-15(14-9-5-2-6-10-14)21-18(22-16)20-12-13-7-3-1-4-8-13/h1-11H,12H2,(H2,19,23)(H,20,21,22). The summed E-state index contributed by atoms with van der Waals surface area (Å²) in [7, 11) is 0. The number of benzene rings is 2. The van der Waals surface area contributed by atoms with Gasteiger partial charge in [0.05, 0.1) is 5.69 Å². The molecule has 0 aliphatic heterocycles. The van der Waals surface area contributed by atoms with Gasteiger partial charge in [-0.3, -0.25) is 4.79 Å². The largest absolute Gasteiger partial charge is 0.364 e. The normalized spacial score (nSPS) is 10.3. The molecule has 1 heterocycles. The van der Waals surface area contributed by atoms with E-state index >= 15 is 0 Å². The molecule has 2 aromatic carbocycles. The summed E-state index contributed by atoms with van der Waals surface area (Å²) < 4.78 is 0. The molecular weight excluding hydrogens is 288 g/mol. The molecule has 3 aromatic rings. The van der Waals surface area contributed by atoms with E-state index in [1.807, 2.05) is 60.7 Å².